The summed E-state index contributed by atoms with van der Waals surface area (Å²) in [6.45, 7) is -0.163. The zero-order valence-electron chi connectivity index (χ0n) is 7.89. The quantitative estimate of drug-likeness (QED) is 0.724. The summed E-state index contributed by atoms with van der Waals surface area (Å²) in [5, 5.41) is 8.82. The molecule has 0 radical (unpaired) electrons. The smallest absolute Gasteiger partial charge is 0.149 e. The molecule has 0 fully saturated rings. The molecule has 2 rings (SSSR count). The molecule has 0 atom stereocenters. The zero-order chi connectivity index (χ0) is 10.8. The van der Waals surface area contributed by atoms with Crippen molar-refractivity contribution in [3.05, 3.63) is 42.2 Å². The van der Waals surface area contributed by atoms with Crippen LogP contribution in [0.1, 0.15) is 5.69 Å². The molecule has 1 heterocycles. The maximum atomic E-state index is 13.5. The fraction of sp³-hybridized carbons (Fsp3) is 0.100. The molecule has 0 bridgehead atoms. The van der Waals surface area contributed by atoms with Crippen LogP contribution in [0.4, 0.5) is 10.1 Å². The first-order valence-electron chi connectivity index (χ1n) is 4.40. The second-order valence-corrected chi connectivity index (χ2v) is 3.14. The summed E-state index contributed by atoms with van der Waals surface area (Å²) in [5.41, 5.74) is 6.66. The molecule has 2 aromatic rings. The van der Waals surface area contributed by atoms with Gasteiger partial charge in [0.2, 0.25) is 0 Å². The van der Waals surface area contributed by atoms with Crippen LogP contribution in [-0.2, 0) is 6.61 Å². The van der Waals surface area contributed by atoms with Crippen molar-refractivity contribution in [2.75, 3.05) is 5.73 Å². The molecular formula is C10H10FN3O. The van der Waals surface area contributed by atoms with Crippen molar-refractivity contribution in [2.24, 2.45) is 0 Å². The highest BCUT2D eigenvalue weighted by molar-refractivity contribution is 5.46. The number of anilines is 1. The molecule has 0 saturated heterocycles. The lowest BCUT2D eigenvalue weighted by molar-refractivity contribution is 0.277. The van der Waals surface area contributed by atoms with Crippen molar-refractivity contribution in [2.45, 2.75) is 6.61 Å². The Morgan fingerprint density at radius 1 is 1.47 bits per heavy atom. The number of aromatic nitrogens is 2. The van der Waals surface area contributed by atoms with Crippen LogP contribution in [0.3, 0.4) is 0 Å². The Balaban J connectivity index is 2.44. The van der Waals surface area contributed by atoms with Gasteiger partial charge in [-0.3, -0.25) is 0 Å². The van der Waals surface area contributed by atoms with Gasteiger partial charge >= 0.3 is 0 Å². The number of nitrogens with two attached hydrogens (primary N) is 1. The van der Waals surface area contributed by atoms with Gasteiger partial charge in [0.25, 0.3) is 0 Å². The number of hydrogen-bond acceptors (Lipinski definition) is 3. The Bertz CT molecular complexity index is 481. The molecule has 3 N–H and O–H groups in total. The van der Waals surface area contributed by atoms with Crippen molar-refractivity contribution in [1.29, 1.82) is 0 Å². The van der Waals surface area contributed by atoms with Crippen LogP contribution in [0, 0.1) is 5.82 Å². The number of nitrogen functional groups attached to an aromatic ring is 1. The third kappa shape index (κ3) is 1.82. The van der Waals surface area contributed by atoms with Gasteiger partial charge in [0.05, 0.1) is 24.3 Å². The van der Waals surface area contributed by atoms with E-state index >= 15 is 0 Å². The lowest BCUT2D eigenvalue weighted by atomic mass is 10.2. The van der Waals surface area contributed by atoms with Gasteiger partial charge < -0.3 is 15.4 Å². The zero-order valence-corrected chi connectivity index (χ0v) is 7.89. The minimum Gasteiger partial charge on any atom is -0.399 e. The molecule has 5 heteroatoms. The van der Waals surface area contributed by atoms with Crippen molar-refractivity contribution in [1.82, 2.24) is 9.55 Å². The Hall–Kier alpha value is -1.88. The van der Waals surface area contributed by atoms with Gasteiger partial charge in [0.15, 0.2) is 0 Å². The summed E-state index contributed by atoms with van der Waals surface area (Å²) in [5.74, 6) is -0.420. The van der Waals surface area contributed by atoms with E-state index in [1.165, 1.54) is 17.0 Å². The summed E-state index contributed by atoms with van der Waals surface area (Å²) < 4.78 is 15.0. The van der Waals surface area contributed by atoms with Gasteiger partial charge in [-0.15, -0.1) is 0 Å². The maximum absolute atomic E-state index is 13.5. The largest absolute Gasteiger partial charge is 0.399 e. The highest BCUT2D eigenvalue weighted by atomic mass is 19.1. The molecule has 0 spiro atoms. The number of nitrogens with zero attached hydrogens (tertiary/aromatic N) is 2. The fourth-order valence-corrected chi connectivity index (χ4v) is 1.31. The molecule has 1 aromatic carbocycles. The molecular weight excluding hydrogens is 197 g/mol. The number of aliphatic hydroxyl groups excluding tert-OH is 1. The topological polar surface area (TPSA) is 64.1 Å². The highest BCUT2D eigenvalue weighted by Crippen LogP contribution is 2.16. The third-order valence-electron chi connectivity index (χ3n) is 2.05. The fourth-order valence-electron chi connectivity index (χ4n) is 1.31. The molecule has 15 heavy (non-hydrogen) atoms. The van der Waals surface area contributed by atoms with Crippen LogP contribution < -0.4 is 5.73 Å². The van der Waals surface area contributed by atoms with E-state index in [4.69, 9.17) is 10.8 Å². The third-order valence-corrected chi connectivity index (χ3v) is 2.05. The molecule has 78 valence electrons. The van der Waals surface area contributed by atoms with E-state index in [0.717, 1.165) is 0 Å². The Morgan fingerprint density at radius 3 is 2.87 bits per heavy atom. The lowest BCUT2D eigenvalue weighted by Crippen LogP contribution is -1.96. The maximum Gasteiger partial charge on any atom is 0.149 e. The van der Waals surface area contributed by atoms with Gasteiger partial charge in [-0.2, -0.15) is 0 Å². The average Bonchev–Trinajstić information content (AvgIpc) is 2.66. The summed E-state index contributed by atoms with van der Waals surface area (Å²) in [6, 6.07) is 4.42. The number of hydrogen-bond donors (Lipinski definition) is 2. The van der Waals surface area contributed by atoms with Gasteiger partial charge in [0, 0.05) is 11.9 Å². The Kier molecular flexibility index (Phi) is 2.39. The first-order valence-corrected chi connectivity index (χ1v) is 4.40. The van der Waals surface area contributed by atoms with Crippen LogP contribution in [0.25, 0.3) is 5.69 Å². The second-order valence-electron chi connectivity index (χ2n) is 3.14. The standard InChI is InChI=1S/C10H10FN3O/c11-9-3-7(12)1-2-10(9)14-4-8(5-15)13-6-14/h1-4,6,15H,5,12H2. The van der Waals surface area contributed by atoms with E-state index < -0.39 is 5.82 Å². The SMILES string of the molecule is Nc1ccc(-n2cnc(CO)c2)c(F)c1. The lowest BCUT2D eigenvalue weighted by Gasteiger charge is -2.03. The van der Waals surface area contributed by atoms with Crippen molar-refractivity contribution >= 4 is 5.69 Å². The monoisotopic (exact) mass is 207 g/mol. The van der Waals surface area contributed by atoms with Crippen LogP contribution in [0.15, 0.2) is 30.7 Å². The van der Waals surface area contributed by atoms with Crippen LogP contribution in [0.5, 0.6) is 0 Å². The number of rotatable bonds is 2. The summed E-state index contributed by atoms with van der Waals surface area (Å²) >= 11 is 0. The average molecular weight is 207 g/mol. The first-order chi connectivity index (χ1) is 7.20. The second kappa shape index (κ2) is 3.70. The van der Waals surface area contributed by atoms with Crippen molar-refractivity contribution in [3.8, 4) is 5.69 Å². The van der Waals surface area contributed by atoms with E-state index in [9.17, 15) is 4.39 Å². The minimum atomic E-state index is -0.420. The number of aliphatic hydroxyl groups is 1. The Morgan fingerprint density at radius 2 is 2.27 bits per heavy atom. The summed E-state index contributed by atoms with van der Waals surface area (Å²) in [7, 11) is 0. The molecule has 0 aliphatic carbocycles. The van der Waals surface area contributed by atoms with E-state index in [1.54, 1.807) is 18.3 Å². The van der Waals surface area contributed by atoms with Crippen LogP contribution >= 0.6 is 0 Å². The molecule has 0 aliphatic rings. The van der Waals surface area contributed by atoms with E-state index in [2.05, 4.69) is 4.98 Å². The minimum absolute atomic E-state index is 0.163. The van der Waals surface area contributed by atoms with E-state index in [0.29, 0.717) is 17.1 Å². The summed E-state index contributed by atoms with van der Waals surface area (Å²) in [6.07, 6.45) is 3.01. The predicted octanol–water partition coefficient (Wildman–Crippen LogP) is 1.09. The van der Waals surface area contributed by atoms with Crippen LogP contribution in [-0.4, -0.2) is 14.7 Å². The van der Waals surface area contributed by atoms with Crippen molar-refractivity contribution in [3.63, 3.8) is 0 Å². The molecule has 0 amide bonds. The number of imidazole rings is 1. The molecule has 0 unspecified atom stereocenters. The van der Waals surface area contributed by atoms with E-state index in [-0.39, 0.29) is 6.61 Å². The van der Waals surface area contributed by atoms with Gasteiger partial charge in [-0.25, -0.2) is 9.37 Å². The molecule has 0 saturated carbocycles. The number of benzene rings is 1. The molecule has 4 nitrogen and oxygen atoms in total. The highest BCUT2D eigenvalue weighted by Gasteiger charge is 2.05. The first kappa shape index (κ1) is 9.67. The van der Waals surface area contributed by atoms with E-state index in [1.807, 2.05) is 0 Å². The van der Waals surface area contributed by atoms with Crippen molar-refractivity contribution < 1.29 is 9.50 Å². The Labute approximate surface area is 85.8 Å². The van der Waals surface area contributed by atoms with Crippen LogP contribution in [0.2, 0.25) is 0 Å². The summed E-state index contributed by atoms with van der Waals surface area (Å²) in [4.78, 5) is 3.89. The predicted molar refractivity (Wildman–Crippen MR) is 53.9 cm³/mol. The number of halogens is 1. The molecule has 0 aliphatic heterocycles. The van der Waals surface area contributed by atoms with Gasteiger partial charge in [-0.05, 0) is 18.2 Å². The normalized spacial score (nSPS) is 10.5. The molecule has 1 aromatic heterocycles. The van der Waals surface area contributed by atoms with Gasteiger partial charge in [-0.1, -0.05) is 0 Å². The van der Waals surface area contributed by atoms with Gasteiger partial charge in [0.1, 0.15) is 5.82 Å².